The van der Waals surface area contributed by atoms with E-state index in [2.05, 4.69) is 9.47 Å². The summed E-state index contributed by atoms with van der Waals surface area (Å²) in [6.45, 7) is 0.222. The van der Waals surface area contributed by atoms with E-state index in [1.165, 1.54) is 0 Å². The molecule has 0 aromatic heterocycles. The Balaban J connectivity index is 2.05. The number of rotatable bonds is 0. The van der Waals surface area contributed by atoms with Gasteiger partial charge in [-0.2, -0.15) is 0 Å². The lowest BCUT2D eigenvalue weighted by molar-refractivity contribution is 0.0713. The summed E-state index contributed by atoms with van der Waals surface area (Å²) in [5.74, 6) is 0.827. The maximum Gasteiger partial charge on any atom is 0.514 e. The van der Waals surface area contributed by atoms with E-state index in [4.69, 9.17) is 9.47 Å². The largest absolute Gasteiger partial charge is 0.514 e. The minimum atomic E-state index is -0.735. The third kappa shape index (κ3) is 1.35. The molecule has 6 nitrogen and oxygen atoms in total. The van der Waals surface area contributed by atoms with Crippen molar-refractivity contribution >= 4 is 12.3 Å². The lowest BCUT2D eigenvalue weighted by Crippen LogP contribution is -2.21. The Labute approximate surface area is 89.7 Å². The van der Waals surface area contributed by atoms with E-state index in [0.29, 0.717) is 22.6 Å². The van der Waals surface area contributed by atoms with Crippen molar-refractivity contribution in [3.63, 3.8) is 0 Å². The van der Waals surface area contributed by atoms with E-state index < -0.39 is 12.3 Å². The Hall–Kier alpha value is -2.24. The van der Waals surface area contributed by atoms with Gasteiger partial charge in [-0.15, -0.1) is 0 Å². The van der Waals surface area contributed by atoms with Crippen molar-refractivity contribution in [3.05, 3.63) is 23.3 Å². The average Bonchev–Trinajstić information content (AvgIpc) is 2.26. The number of carbonyl (C=O) groups is 2. The van der Waals surface area contributed by atoms with Gasteiger partial charge in [0.05, 0.1) is 0 Å². The molecule has 0 radical (unpaired) electrons. The standard InChI is InChI=1S/C10H6O6/c11-9-14-4-6-2-8-5(1-7(6)15-9)3-13-10(12)16-8/h1-2H,3-4H2. The fraction of sp³-hybridized carbons (Fsp3) is 0.200. The fourth-order valence-electron chi connectivity index (χ4n) is 1.57. The highest BCUT2D eigenvalue weighted by atomic mass is 16.7. The van der Waals surface area contributed by atoms with E-state index in [1.54, 1.807) is 12.1 Å². The van der Waals surface area contributed by atoms with Crippen LogP contribution in [0.3, 0.4) is 0 Å². The van der Waals surface area contributed by atoms with Gasteiger partial charge in [0.25, 0.3) is 0 Å². The topological polar surface area (TPSA) is 71.1 Å². The Bertz CT molecular complexity index is 447. The predicted molar refractivity (Wildman–Crippen MR) is 48.1 cm³/mol. The summed E-state index contributed by atoms with van der Waals surface area (Å²) in [5.41, 5.74) is 1.32. The third-order valence-corrected chi connectivity index (χ3v) is 2.32. The lowest BCUT2D eigenvalue weighted by atomic mass is 10.1. The predicted octanol–water partition coefficient (Wildman–Crippen LogP) is 1.74. The van der Waals surface area contributed by atoms with Crippen LogP contribution in [0.2, 0.25) is 0 Å². The monoisotopic (exact) mass is 222 g/mol. The highest BCUT2D eigenvalue weighted by molar-refractivity contribution is 5.70. The van der Waals surface area contributed by atoms with Gasteiger partial charge in [0.15, 0.2) is 0 Å². The molecule has 0 amide bonds. The second kappa shape index (κ2) is 3.13. The van der Waals surface area contributed by atoms with E-state index in [9.17, 15) is 9.59 Å². The zero-order chi connectivity index (χ0) is 11.1. The average molecular weight is 222 g/mol. The van der Waals surface area contributed by atoms with Gasteiger partial charge >= 0.3 is 12.3 Å². The maximum atomic E-state index is 10.9. The number of benzene rings is 1. The van der Waals surface area contributed by atoms with Gasteiger partial charge in [0.1, 0.15) is 24.7 Å². The van der Waals surface area contributed by atoms with E-state index in [1.807, 2.05) is 0 Å². The molecule has 6 heteroatoms. The van der Waals surface area contributed by atoms with Crippen molar-refractivity contribution in [2.24, 2.45) is 0 Å². The Kier molecular flexibility index (Phi) is 1.76. The SMILES string of the molecule is O=C1OCc2cc3c(cc2O1)COC(=O)O3. The molecule has 16 heavy (non-hydrogen) atoms. The molecule has 0 N–H and O–H groups in total. The zero-order valence-corrected chi connectivity index (χ0v) is 8.02. The summed E-state index contributed by atoms with van der Waals surface area (Å²) in [7, 11) is 0. The molecule has 1 aromatic carbocycles. The molecule has 0 bridgehead atoms. The number of cyclic esters (lactones) is 2. The van der Waals surface area contributed by atoms with E-state index >= 15 is 0 Å². The Morgan fingerprint density at radius 1 is 0.812 bits per heavy atom. The van der Waals surface area contributed by atoms with Crippen molar-refractivity contribution in [1.29, 1.82) is 0 Å². The van der Waals surface area contributed by atoms with Crippen molar-refractivity contribution in [2.75, 3.05) is 0 Å². The molecule has 1 aromatic rings. The van der Waals surface area contributed by atoms with Crippen LogP contribution in [0.1, 0.15) is 11.1 Å². The number of fused-ring (bicyclic) bond motifs is 2. The quantitative estimate of drug-likeness (QED) is 0.491. The van der Waals surface area contributed by atoms with Crippen LogP contribution in [-0.2, 0) is 22.7 Å². The molecule has 0 fully saturated rings. The van der Waals surface area contributed by atoms with Crippen molar-refractivity contribution in [3.8, 4) is 11.5 Å². The zero-order valence-electron chi connectivity index (χ0n) is 8.02. The van der Waals surface area contributed by atoms with Gasteiger partial charge in [-0.25, -0.2) is 9.59 Å². The van der Waals surface area contributed by atoms with Gasteiger partial charge in [0.2, 0.25) is 0 Å². The summed E-state index contributed by atoms with van der Waals surface area (Å²) in [6.07, 6.45) is -1.47. The first-order valence-corrected chi connectivity index (χ1v) is 4.57. The highest BCUT2D eigenvalue weighted by Crippen LogP contribution is 2.34. The first-order valence-electron chi connectivity index (χ1n) is 4.57. The highest BCUT2D eigenvalue weighted by Gasteiger charge is 2.25. The van der Waals surface area contributed by atoms with E-state index in [-0.39, 0.29) is 13.2 Å². The maximum absolute atomic E-state index is 10.9. The van der Waals surface area contributed by atoms with Crippen LogP contribution in [0, 0.1) is 0 Å². The number of hydrogen-bond acceptors (Lipinski definition) is 6. The molecule has 0 saturated carbocycles. The summed E-state index contributed by atoms with van der Waals surface area (Å²) >= 11 is 0. The molecule has 2 heterocycles. The van der Waals surface area contributed by atoms with Crippen LogP contribution in [0.4, 0.5) is 9.59 Å². The molecule has 2 aliphatic heterocycles. The first kappa shape index (κ1) is 9.02. The van der Waals surface area contributed by atoms with Gasteiger partial charge in [-0.05, 0) is 12.1 Å². The van der Waals surface area contributed by atoms with Crippen molar-refractivity contribution in [2.45, 2.75) is 13.2 Å². The summed E-state index contributed by atoms with van der Waals surface area (Å²) in [5, 5.41) is 0. The second-order valence-corrected chi connectivity index (χ2v) is 3.35. The summed E-state index contributed by atoms with van der Waals surface area (Å²) < 4.78 is 19.1. The molecule has 0 unspecified atom stereocenters. The summed E-state index contributed by atoms with van der Waals surface area (Å²) in [4.78, 5) is 21.8. The molecular weight excluding hydrogens is 216 g/mol. The molecule has 0 spiro atoms. The van der Waals surface area contributed by atoms with Crippen LogP contribution in [-0.4, -0.2) is 12.3 Å². The smallest absolute Gasteiger partial charge is 0.429 e. The van der Waals surface area contributed by atoms with Crippen LogP contribution in [0.25, 0.3) is 0 Å². The Morgan fingerprint density at radius 3 is 1.69 bits per heavy atom. The van der Waals surface area contributed by atoms with Gasteiger partial charge in [0, 0.05) is 11.1 Å². The van der Waals surface area contributed by atoms with Crippen LogP contribution >= 0.6 is 0 Å². The molecular formula is C10H6O6. The number of ether oxygens (including phenoxy) is 4. The minimum Gasteiger partial charge on any atom is -0.429 e. The van der Waals surface area contributed by atoms with Crippen molar-refractivity contribution < 1.29 is 28.5 Å². The molecule has 2 aliphatic rings. The summed E-state index contributed by atoms with van der Waals surface area (Å²) in [6, 6.07) is 3.22. The van der Waals surface area contributed by atoms with Crippen LogP contribution in [0.5, 0.6) is 11.5 Å². The molecule has 0 atom stereocenters. The lowest BCUT2D eigenvalue weighted by Gasteiger charge is -2.21. The van der Waals surface area contributed by atoms with Gasteiger partial charge in [-0.1, -0.05) is 0 Å². The minimum absolute atomic E-state index is 0.111. The molecule has 3 rings (SSSR count). The van der Waals surface area contributed by atoms with Gasteiger partial charge < -0.3 is 18.9 Å². The number of carbonyl (C=O) groups excluding carboxylic acids is 2. The van der Waals surface area contributed by atoms with Crippen LogP contribution < -0.4 is 9.47 Å². The third-order valence-electron chi connectivity index (χ3n) is 2.32. The first-order chi connectivity index (χ1) is 7.72. The van der Waals surface area contributed by atoms with Crippen LogP contribution in [0.15, 0.2) is 12.1 Å². The Morgan fingerprint density at radius 2 is 1.25 bits per heavy atom. The molecule has 82 valence electrons. The second-order valence-electron chi connectivity index (χ2n) is 3.35. The molecule has 0 aliphatic carbocycles. The van der Waals surface area contributed by atoms with Gasteiger partial charge in [-0.3, -0.25) is 0 Å². The fourth-order valence-corrected chi connectivity index (χ4v) is 1.57. The normalized spacial score (nSPS) is 17.2. The van der Waals surface area contributed by atoms with Crippen molar-refractivity contribution in [1.82, 2.24) is 0 Å². The number of hydrogen-bond donors (Lipinski definition) is 0. The van der Waals surface area contributed by atoms with E-state index in [0.717, 1.165) is 0 Å². The molecule has 0 saturated heterocycles.